The molecule has 0 radical (unpaired) electrons. The fourth-order valence-corrected chi connectivity index (χ4v) is 2.76. The van der Waals surface area contributed by atoms with E-state index in [0.717, 1.165) is 12.0 Å². The molecule has 1 aliphatic rings. The molecule has 0 saturated carbocycles. The average molecular weight is 272 g/mol. The second-order valence-corrected chi connectivity index (χ2v) is 5.03. The van der Waals surface area contributed by atoms with Gasteiger partial charge in [0.2, 0.25) is 0 Å². The maximum Gasteiger partial charge on any atom is 0.356 e. The number of aromatic nitrogens is 2. The maximum absolute atomic E-state index is 11.3. The summed E-state index contributed by atoms with van der Waals surface area (Å²) in [7, 11) is 0. The molecule has 104 valence electrons. The van der Waals surface area contributed by atoms with Gasteiger partial charge in [-0.3, -0.25) is 0 Å². The number of aliphatic hydroxyl groups is 1. The Labute approximate surface area is 116 Å². The Hall–Kier alpha value is -2.14. The van der Waals surface area contributed by atoms with E-state index in [9.17, 15) is 15.0 Å². The van der Waals surface area contributed by atoms with Gasteiger partial charge in [0.05, 0.1) is 5.69 Å². The van der Waals surface area contributed by atoms with Crippen molar-refractivity contribution in [2.45, 2.75) is 31.9 Å². The first-order chi connectivity index (χ1) is 9.66. The quantitative estimate of drug-likeness (QED) is 0.896. The Morgan fingerprint density at radius 2 is 2.10 bits per heavy atom. The van der Waals surface area contributed by atoms with Crippen molar-refractivity contribution in [1.82, 2.24) is 9.55 Å². The van der Waals surface area contributed by atoms with Crippen molar-refractivity contribution in [1.29, 1.82) is 0 Å². The lowest BCUT2D eigenvalue weighted by molar-refractivity contribution is 0.0675. The lowest BCUT2D eigenvalue weighted by Gasteiger charge is -2.23. The first kappa shape index (κ1) is 12.9. The standard InChI is InChI=1S/C15H16N2O3/c18-13-8-4-7-11-14(15(19)20)16-12(17(11)13)9-10-5-2-1-3-6-10/h1-3,5-6,13,18H,4,7-9H2,(H,19,20). The Morgan fingerprint density at radius 3 is 2.80 bits per heavy atom. The molecule has 20 heavy (non-hydrogen) atoms. The van der Waals surface area contributed by atoms with E-state index < -0.39 is 12.2 Å². The first-order valence-corrected chi connectivity index (χ1v) is 6.72. The third kappa shape index (κ3) is 2.20. The second-order valence-electron chi connectivity index (χ2n) is 5.03. The van der Waals surface area contributed by atoms with Crippen LogP contribution in [0.15, 0.2) is 30.3 Å². The molecule has 1 atom stereocenters. The van der Waals surface area contributed by atoms with Crippen molar-refractivity contribution in [3.63, 3.8) is 0 Å². The molecular weight excluding hydrogens is 256 g/mol. The molecule has 0 saturated heterocycles. The van der Waals surface area contributed by atoms with Gasteiger partial charge in [0, 0.05) is 6.42 Å². The van der Waals surface area contributed by atoms with Gasteiger partial charge in [-0.25, -0.2) is 9.78 Å². The molecule has 0 spiro atoms. The number of carboxylic acids is 1. The molecule has 2 aromatic rings. The van der Waals surface area contributed by atoms with Gasteiger partial charge < -0.3 is 14.8 Å². The van der Waals surface area contributed by atoms with Crippen LogP contribution < -0.4 is 0 Å². The number of benzene rings is 1. The van der Waals surface area contributed by atoms with E-state index in [4.69, 9.17) is 0 Å². The molecule has 1 aliphatic heterocycles. The summed E-state index contributed by atoms with van der Waals surface area (Å²) in [5.74, 6) is -0.405. The number of nitrogens with zero attached hydrogens (tertiary/aromatic N) is 2. The molecule has 2 N–H and O–H groups in total. The Kier molecular flexibility index (Phi) is 3.28. The van der Waals surface area contributed by atoms with Crippen molar-refractivity contribution in [3.8, 4) is 0 Å². The topological polar surface area (TPSA) is 75.3 Å². The van der Waals surface area contributed by atoms with Crippen LogP contribution in [0.3, 0.4) is 0 Å². The Bertz CT molecular complexity index is 634. The molecule has 0 fully saturated rings. The summed E-state index contributed by atoms with van der Waals surface area (Å²) in [5.41, 5.74) is 1.77. The summed E-state index contributed by atoms with van der Waals surface area (Å²) in [6, 6.07) is 9.74. The van der Waals surface area contributed by atoms with Crippen LogP contribution in [0, 0.1) is 0 Å². The summed E-state index contributed by atoms with van der Waals surface area (Å²) in [4.78, 5) is 15.5. The van der Waals surface area contributed by atoms with Gasteiger partial charge in [0.25, 0.3) is 0 Å². The van der Waals surface area contributed by atoms with E-state index in [1.807, 2.05) is 30.3 Å². The predicted octanol–water partition coefficient (Wildman–Crippen LogP) is 2.00. The van der Waals surface area contributed by atoms with Crippen LogP contribution in [0.4, 0.5) is 0 Å². The number of hydrogen-bond donors (Lipinski definition) is 2. The van der Waals surface area contributed by atoms with Gasteiger partial charge in [-0.2, -0.15) is 0 Å². The van der Waals surface area contributed by atoms with Gasteiger partial charge >= 0.3 is 5.97 Å². The third-order valence-electron chi connectivity index (χ3n) is 3.66. The summed E-state index contributed by atoms with van der Waals surface area (Å²) in [6.07, 6.45) is 1.94. The van der Waals surface area contributed by atoms with Crippen molar-refractivity contribution >= 4 is 5.97 Å². The zero-order chi connectivity index (χ0) is 14.1. The average Bonchev–Trinajstić information content (AvgIpc) is 2.80. The number of hydrogen-bond acceptors (Lipinski definition) is 3. The minimum absolute atomic E-state index is 0.0784. The van der Waals surface area contributed by atoms with E-state index in [0.29, 0.717) is 30.8 Å². The van der Waals surface area contributed by atoms with Crippen molar-refractivity contribution in [2.24, 2.45) is 0 Å². The summed E-state index contributed by atoms with van der Waals surface area (Å²) in [5, 5.41) is 19.4. The monoisotopic (exact) mass is 272 g/mol. The molecule has 3 rings (SSSR count). The van der Waals surface area contributed by atoms with Crippen molar-refractivity contribution in [2.75, 3.05) is 0 Å². The van der Waals surface area contributed by atoms with Crippen LogP contribution in [-0.2, 0) is 12.8 Å². The SMILES string of the molecule is O=C(O)c1nc(Cc2ccccc2)n2c1CCCC2O. The Balaban J connectivity index is 2.04. The van der Waals surface area contributed by atoms with Crippen LogP contribution in [-0.4, -0.2) is 25.7 Å². The molecule has 2 heterocycles. The molecule has 1 aromatic heterocycles. The molecule has 0 bridgehead atoms. The molecule has 0 aliphatic carbocycles. The highest BCUT2D eigenvalue weighted by atomic mass is 16.4. The maximum atomic E-state index is 11.3. The van der Waals surface area contributed by atoms with Gasteiger partial charge in [-0.1, -0.05) is 30.3 Å². The Morgan fingerprint density at radius 1 is 1.35 bits per heavy atom. The highest BCUT2D eigenvalue weighted by Gasteiger charge is 2.28. The number of rotatable bonds is 3. The van der Waals surface area contributed by atoms with Crippen LogP contribution in [0.5, 0.6) is 0 Å². The lowest BCUT2D eigenvalue weighted by Crippen LogP contribution is -2.20. The van der Waals surface area contributed by atoms with Gasteiger partial charge in [-0.05, 0) is 24.8 Å². The van der Waals surface area contributed by atoms with Crippen molar-refractivity contribution < 1.29 is 15.0 Å². The number of carbonyl (C=O) groups is 1. The molecular formula is C15H16N2O3. The minimum atomic E-state index is -1.03. The van der Waals surface area contributed by atoms with E-state index in [1.54, 1.807) is 4.57 Å². The minimum Gasteiger partial charge on any atom is -0.476 e. The van der Waals surface area contributed by atoms with Crippen LogP contribution in [0.2, 0.25) is 0 Å². The zero-order valence-electron chi connectivity index (χ0n) is 11.0. The van der Waals surface area contributed by atoms with Gasteiger partial charge in [0.15, 0.2) is 5.69 Å². The van der Waals surface area contributed by atoms with E-state index >= 15 is 0 Å². The number of aliphatic hydroxyl groups excluding tert-OH is 1. The largest absolute Gasteiger partial charge is 0.476 e. The first-order valence-electron chi connectivity index (χ1n) is 6.72. The zero-order valence-corrected chi connectivity index (χ0v) is 11.0. The molecule has 5 heteroatoms. The number of carboxylic acid groups (broad SMARTS) is 1. The number of aromatic carboxylic acids is 1. The van der Waals surface area contributed by atoms with E-state index in [-0.39, 0.29) is 5.69 Å². The highest BCUT2D eigenvalue weighted by molar-refractivity contribution is 5.87. The van der Waals surface area contributed by atoms with E-state index in [2.05, 4.69) is 4.98 Å². The molecule has 0 amide bonds. The van der Waals surface area contributed by atoms with Crippen molar-refractivity contribution in [3.05, 3.63) is 53.1 Å². The van der Waals surface area contributed by atoms with Crippen LogP contribution >= 0.6 is 0 Å². The summed E-state index contributed by atoms with van der Waals surface area (Å²) in [6.45, 7) is 0. The normalized spacial score (nSPS) is 17.8. The lowest BCUT2D eigenvalue weighted by atomic mass is 10.1. The molecule has 1 unspecified atom stereocenters. The van der Waals surface area contributed by atoms with Gasteiger partial charge in [-0.15, -0.1) is 0 Å². The van der Waals surface area contributed by atoms with E-state index in [1.165, 1.54) is 0 Å². The van der Waals surface area contributed by atoms with Crippen LogP contribution in [0.1, 0.15) is 46.6 Å². The highest BCUT2D eigenvalue weighted by Crippen LogP contribution is 2.28. The van der Waals surface area contributed by atoms with Crippen LogP contribution in [0.25, 0.3) is 0 Å². The number of fused-ring (bicyclic) bond motifs is 1. The van der Waals surface area contributed by atoms with Gasteiger partial charge in [0.1, 0.15) is 12.1 Å². The summed E-state index contributed by atoms with van der Waals surface area (Å²) >= 11 is 0. The smallest absolute Gasteiger partial charge is 0.356 e. The fraction of sp³-hybridized carbons (Fsp3) is 0.333. The third-order valence-corrected chi connectivity index (χ3v) is 3.66. The summed E-state index contributed by atoms with van der Waals surface area (Å²) < 4.78 is 1.69. The fourth-order valence-electron chi connectivity index (χ4n) is 2.76. The molecule has 5 nitrogen and oxygen atoms in total. The number of imidazole rings is 1. The second kappa shape index (κ2) is 5.09. The molecule has 1 aromatic carbocycles. The predicted molar refractivity (Wildman–Crippen MR) is 72.6 cm³/mol.